The average molecular weight is 191 g/mol. The Bertz CT molecular complexity index is 482. The summed E-state index contributed by atoms with van der Waals surface area (Å²) in [4.78, 5) is 0. The molecule has 0 fully saturated rings. The van der Waals surface area contributed by atoms with Crippen LogP contribution in [0.2, 0.25) is 0 Å². The van der Waals surface area contributed by atoms with Crippen molar-refractivity contribution in [1.82, 2.24) is 0 Å². The van der Waals surface area contributed by atoms with E-state index in [4.69, 9.17) is 10.5 Å². The second-order valence-electron chi connectivity index (χ2n) is 3.06. The van der Waals surface area contributed by atoms with E-state index in [-0.39, 0.29) is 5.82 Å². The van der Waals surface area contributed by atoms with Crippen LogP contribution in [-0.2, 0) is 0 Å². The Morgan fingerprint density at radius 2 is 2.07 bits per heavy atom. The van der Waals surface area contributed by atoms with Crippen LogP contribution in [0.3, 0.4) is 0 Å². The lowest BCUT2D eigenvalue weighted by Crippen LogP contribution is -1.91. The molecule has 0 saturated carbocycles. The van der Waals surface area contributed by atoms with Gasteiger partial charge in [0.05, 0.1) is 12.5 Å². The summed E-state index contributed by atoms with van der Waals surface area (Å²) >= 11 is 0. The zero-order chi connectivity index (χ0) is 10.1. The minimum atomic E-state index is -0.292. The Balaban J connectivity index is 2.88. The third-order valence-corrected chi connectivity index (χ3v) is 2.13. The van der Waals surface area contributed by atoms with Crippen LogP contribution in [0.4, 0.5) is 10.1 Å². The number of ether oxygens (including phenoxy) is 1. The molecule has 0 radical (unpaired) electrons. The molecule has 0 heterocycles. The topological polar surface area (TPSA) is 35.2 Å². The van der Waals surface area contributed by atoms with Crippen LogP contribution >= 0.6 is 0 Å². The molecule has 2 N–H and O–H groups in total. The minimum Gasteiger partial charge on any atom is -0.496 e. The van der Waals surface area contributed by atoms with E-state index in [1.165, 1.54) is 13.2 Å². The van der Waals surface area contributed by atoms with Gasteiger partial charge in [0.1, 0.15) is 11.6 Å². The molecule has 0 spiro atoms. The molecule has 0 aliphatic rings. The number of fused-ring (bicyclic) bond motifs is 1. The molecule has 0 unspecified atom stereocenters. The first-order valence-corrected chi connectivity index (χ1v) is 4.24. The Morgan fingerprint density at radius 3 is 2.79 bits per heavy atom. The average Bonchev–Trinajstić information content (AvgIpc) is 2.16. The Hall–Kier alpha value is -1.77. The number of hydrogen-bond donors (Lipinski definition) is 1. The van der Waals surface area contributed by atoms with Crippen molar-refractivity contribution in [2.75, 3.05) is 12.8 Å². The summed E-state index contributed by atoms with van der Waals surface area (Å²) in [6.07, 6.45) is 0. The zero-order valence-corrected chi connectivity index (χ0v) is 7.75. The molecule has 0 saturated heterocycles. The van der Waals surface area contributed by atoms with E-state index >= 15 is 0 Å². The van der Waals surface area contributed by atoms with Crippen LogP contribution in [0, 0.1) is 5.82 Å². The molecule has 2 nitrogen and oxygen atoms in total. The Kier molecular flexibility index (Phi) is 2.00. The van der Waals surface area contributed by atoms with Crippen LogP contribution in [-0.4, -0.2) is 7.11 Å². The summed E-state index contributed by atoms with van der Waals surface area (Å²) in [5.74, 6) is 0.178. The number of benzene rings is 2. The maximum Gasteiger partial charge on any atom is 0.134 e. The third kappa shape index (κ3) is 1.27. The SMILES string of the molecule is COc1cc(N)cc2cccc(F)c12. The lowest BCUT2D eigenvalue weighted by Gasteiger charge is -2.07. The number of nitrogen functional groups attached to an aromatic ring is 1. The van der Waals surface area contributed by atoms with Gasteiger partial charge in [-0.15, -0.1) is 0 Å². The predicted octanol–water partition coefficient (Wildman–Crippen LogP) is 2.57. The first-order valence-electron chi connectivity index (χ1n) is 4.24. The molecule has 2 rings (SSSR count). The van der Waals surface area contributed by atoms with Gasteiger partial charge in [-0.25, -0.2) is 4.39 Å². The van der Waals surface area contributed by atoms with E-state index in [2.05, 4.69) is 0 Å². The molecule has 0 atom stereocenters. The zero-order valence-electron chi connectivity index (χ0n) is 7.75. The quantitative estimate of drug-likeness (QED) is 0.703. The summed E-state index contributed by atoms with van der Waals surface area (Å²) in [6, 6.07) is 8.20. The van der Waals surface area contributed by atoms with Gasteiger partial charge in [-0.3, -0.25) is 0 Å². The first-order chi connectivity index (χ1) is 6.72. The summed E-state index contributed by atoms with van der Waals surface area (Å²) in [7, 11) is 1.50. The lowest BCUT2D eigenvalue weighted by molar-refractivity contribution is 0.418. The normalized spacial score (nSPS) is 10.4. The van der Waals surface area contributed by atoms with Crippen molar-refractivity contribution in [3.8, 4) is 5.75 Å². The molecule has 2 aromatic rings. The van der Waals surface area contributed by atoms with Gasteiger partial charge in [0.2, 0.25) is 0 Å². The van der Waals surface area contributed by atoms with Gasteiger partial charge in [-0.2, -0.15) is 0 Å². The first kappa shape index (κ1) is 8.81. The summed E-state index contributed by atoms with van der Waals surface area (Å²) < 4.78 is 18.5. The van der Waals surface area contributed by atoms with Gasteiger partial charge < -0.3 is 10.5 Å². The van der Waals surface area contributed by atoms with Gasteiger partial charge in [-0.1, -0.05) is 12.1 Å². The van der Waals surface area contributed by atoms with Crippen molar-refractivity contribution in [1.29, 1.82) is 0 Å². The standard InChI is InChI=1S/C11H10FNO/c1-14-10-6-8(13)5-7-3-2-4-9(12)11(7)10/h2-6H,13H2,1H3. The van der Waals surface area contributed by atoms with Crippen molar-refractivity contribution in [3.63, 3.8) is 0 Å². The van der Waals surface area contributed by atoms with Crippen LogP contribution in [0.5, 0.6) is 5.75 Å². The number of anilines is 1. The van der Waals surface area contributed by atoms with Crippen molar-refractivity contribution in [3.05, 3.63) is 36.1 Å². The Labute approximate surface area is 81.1 Å². The van der Waals surface area contributed by atoms with Crippen LogP contribution < -0.4 is 10.5 Å². The van der Waals surface area contributed by atoms with Crippen molar-refractivity contribution >= 4 is 16.5 Å². The molecule has 2 aromatic carbocycles. The van der Waals surface area contributed by atoms with Crippen LogP contribution in [0.15, 0.2) is 30.3 Å². The van der Waals surface area contributed by atoms with E-state index in [0.717, 1.165) is 5.39 Å². The van der Waals surface area contributed by atoms with Crippen molar-refractivity contribution in [2.45, 2.75) is 0 Å². The fraction of sp³-hybridized carbons (Fsp3) is 0.0909. The second-order valence-corrected chi connectivity index (χ2v) is 3.06. The maximum atomic E-state index is 13.4. The molecule has 14 heavy (non-hydrogen) atoms. The Morgan fingerprint density at radius 1 is 1.29 bits per heavy atom. The molecular formula is C11H10FNO. The number of rotatable bonds is 1. The predicted molar refractivity (Wildman–Crippen MR) is 54.9 cm³/mol. The van der Waals surface area contributed by atoms with Crippen molar-refractivity contribution in [2.24, 2.45) is 0 Å². The van der Waals surface area contributed by atoms with Gasteiger partial charge in [0, 0.05) is 11.8 Å². The van der Waals surface area contributed by atoms with E-state index in [1.807, 2.05) is 0 Å². The number of methoxy groups -OCH3 is 1. The largest absolute Gasteiger partial charge is 0.496 e. The fourth-order valence-corrected chi connectivity index (χ4v) is 1.53. The van der Waals surface area contributed by atoms with Gasteiger partial charge >= 0.3 is 0 Å². The number of nitrogens with two attached hydrogens (primary N) is 1. The third-order valence-electron chi connectivity index (χ3n) is 2.13. The monoisotopic (exact) mass is 191 g/mol. The molecular weight excluding hydrogens is 181 g/mol. The molecule has 72 valence electrons. The molecule has 0 amide bonds. The van der Waals surface area contributed by atoms with Gasteiger partial charge in [0.15, 0.2) is 0 Å². The van der Waals surface area contributed by atoms with Gasteiger partial charge in [-0.05, 0) is 17.5 Å². The fourth-order valence-electron chi connectivity index (χ4n) is 1.53. The van der Waals surface area contributed by atoms with Crippen LogP contribution in [0.1, 0.15) is 0 Å². The highest BCUT2D eigenvalue weighted by molar-refractivity contribution is 5.91. The van der Waals surface area contributed by atoms with E-state index in [9.17, 15) is 4.39 Å². The minimum absolute atomic E-state index is 0.292. The summed E-state index contributed by atoms with van der Waals surface area (Å²) in [6.45, 7) is 0. The number of halogens is 1. The molecule has 0 aromatic heterocycles. The molecule has 3 heteroatoms. The second kappa shape index (κ2) is 3.18. The van der Waals surface area contributed by atoms with E-state index in [1.54, 1.807) is 24.3 Å². The van der Waals surface area contributed by atoms with E-state index in [0.29, 0.717) is 16.8 Å². The summed E-state index contributed by atoms with van der Waals surface area (Å²) in [5.41, 5.74) is 6.22. The lowest BCUT2D eigenvalue weighted by atomic mass is 10.1. The maximum absolute atomic E-state index is 13.4. The summed E-state index contributed by atoms with van der Waals surface area (Å²) in [5, 5.41) is 1.23. The van der Waals surface area contributed by atoms with Crippen molar-refractivity contribution < 1.29 is 9.13 Å². The number of hydrogen-bond acceptors (Lipinski definition) is 2. The molecule has 0 bridgehead atoms. The smallest absolute Gasteiger partial charge is 0.134 e. The van der Waals surface area contributed by atoms with E-state index < -0.39 is 0 Å². The highest BCUT2D eigenvalue weighted by Crippen LogP contribution is 2.30. The highest BCUT2D eigenvalue weighted by Gasteiger charge is 2.07. The molecule has 0 aliphatic carbocycles. The van der Waals surface area contributed by atoms with Crippen LogP contribution in [0.25, 0.3) is 10.8 Å². The highest BCUT2D eigenvalue weighted by atomic mass is 19.1. The van der Waals surface area contributed by atoms with Gasteiger partial charge in [0.25, 0.3) is 0 Å². The molecule has 0 aliphatic heterocycles.